The molecule has 2 aliphatic carbocycles. The predicted molar refractivity (Wildman–Crippen MR) is 112 cm³/mol. The van der Waals surface area contributed by atoms with Crippen molar-refractivity contribution in [3.8, 4) is 5.75 Å². The van der Waals surface area contributed by atoms with Gasteiger partial charge in [0.25, 0.3) is 0 Å². The third-order valence-corrected chi connectivity index (χ3v) is 6.78. The van der Waals surface area contributed by atoms with Crippen LogP contribution in [0.2, 0.25) is 0 Å². The summed E-state index contributed by atoms with van der Waals surface area (Å²) in [4.78, 5) is 0. The van der Waals surface area contributed by atoms with Gasteiger partial charge in [-0.25, -0.2) is 4.21 Å². The fourth-order valence-electron chi connectivity index (χ4n) is 4.46. The van der Waals surface area contributed by atoms with Gasteiger partial charge in [-0.2, -0.15) is 0 Å². The van der Waals surface area contributed by atoms with E-state index in [1.165, 1.54) is 63.4 Å². The summed E-state index contributed by atoms with van der Waals surface area (Å²) in [6.07, 6.45) is 13.8. The van der Waals surface area contributed by atoms with Crippen LogP contribution in [0.15, 0.2) is 24.3 Å². The lowest BCUT2D eigenvalue weighted by Crippen LogP contribution is -2.34. The molecular weight excluding hydrogens is 358 g/mol. The van der Waals surface area contributed by atoms with Crippen molar-refractivity contribution in [1.29, 1.82) is 0 Å². The minimum Gasteiger partial charge on any atom is -0.490 e. The van der Waals surface area contributed by atoms with Gasteiger partial charge in [0, 0.05) is 6.04 Å². The maximum absolute atomic E-state index is 10.7. The minimum absolute atomic E-state index is 0.382. The van der Waals surface area contributed by atoms with E-state index in [2.05, 4.69) is 29.6 Å². The van der Waals surface area contributed by atoms with Crippen molar-refractivity contribution in [3.05, 3.63) is 29.8 Å². The molecular formula is C22H35NO3S. The summed E-state index contributed by atoms with van der Waals surface area (Å²) in [6, 6.07) is 9.37. The Hall–Kier alpha value is -0.910. The van der Waals surface area contributed by atoms with Crippen molar-refractivity contribution in [2.75, 3.05) is 12.3 Å². The first-order valence-corrected chi connectivity index (χ1v) is 12.0. The fraction of sp³-hybridized carbons (Fsp3) is 0.727. The third kappa shape index (κ3) is 7.55. The Morgan fingerprint density at radius 1 is 1.04 bits per heavy atom. The molecule has 0 saturated heterocycles. The summed E-state index contributed by atoms with van der Waals surface area (Å²) in [5, 5.41) is 3.55. The molecule has 1 atom stereocenters. The van der Waals surface area contributed by atoms with Crippen LogP contribution >= 0.6 is 0 Å². The molecule has 1 unspecified atom stereocenters. The first-order valence-electron chi connectivity index (χ1n) is 10.8. The summed E-state index contributed by atoms with van der Waals surface area (Å²) in [7, 11) is 0. The normalized spacial score (nSPS) is 24.8. The number of hydrogen-bond donors (Lipinski definition) is 2. The van der Waals surface area contributed by atoms with Crippen LogP contribution in [-0.2, 0) is 17.5 Å². The number of nitrogens with one attached hydrogen (secondary N) is 1. The molecule has 2 fully saturated rings. The van der Waals surface area contributed by atoms with Crippen LogP contribution in [0.3, 0.4) is 0 Å². The molecule has 27 heavy (non-hydrogen) atoms. The molecule has 2 aliphatic rings. The Bertz CT molecular complexity index is 563. The molecule has 152 valence electrons. The number of rotatable bonds is 10. The van der Waals surface area contributed by atoms with E-state index in [9.17, 15) is 4.21 Å². The zero-order valence-electron chi connectivity index (χ0n) is 16.4. The average Bonchev–Trinajstić information content (AvgIpc) is 3.18. The number of hydrogen-bond acceptors (Lipinski definition) is 3. The van der Waals surface area contributed by atoms with Crippen molar-refractivity contribution in [2.24, 2.45) is 5.92 Å². The second kappa shape index (κ2) is 11.2. The Labute approximate surface area is 166 Å². The van der Waals surface area contributed by atoms with Crippen LogP contribution in [0.1, 0.15) is 69.8 Å². The lowest BCUT2D eigenvalue weighted by molar-refractivity contribution is 0.210. The topological polar surface area (TPSA) is 58.6 Å². The number of aryl methyl sites for hydroxylation is 1. The molecule has 0 aromatic heterocycles. The molecule has 0 amide bonds. The van der Waals surface area contributed by atoms with Crippen LogP contribution in [0.4, 0.5) is 0 Å². The summed E-state index contributed by atoms with van der Waals surface area (Å²) in [5.74, 6) is 2.25. The Morgan fingerprint density at radius 3 is 2.41 bits per heavy atom. The third-order valence-electron chi connectivity index (χ3n) is 6.15. The van der Waals surface area contributed by atoms with Crippen molar-refractivity contribution in [2.45, 2.75) is 82.8 Å². The molecule has 3 rings (SSSR count). The van der Waals surface area contributed by atoms with Crippen molar-refractivity contribution in [1.82, 2.24) is 5.32 Å². The highest BCUT2D eigenvalue weighted by Crippen LogP contribution is 2.29. The molecule has 0 aliphatic heterocycles. The standard InChI is InChI=1S/C22H35NO3S/c24-27(25)17-3-16-23-20-12-8-18(9-13-20)6-7-19-10-14-22(15-11-19)26-21-4-1-2-5-21/h10-11,14-15,18,20-21,23H,1-9,12-13,16-17H2,(H,24,25). The fourth-order valence-corrected chi connectivity index (χ4v) is 4.85. The predicted octanol–water partition coefficient (Wildman–Crippen LogP) is 4.70. The second-order valence-electron chi connectivity index (χ2n) is 8.26. The molecule has 1 aromatic rings. The molecule has 0 heterocycles. The lowest BCUT2D eigenvalue weighted by Gasteiger charge is -2.29. The van der Waals surface area contributed by atoms with E-state index in [0.29, 0.717) is 17.9 Å². The Kier molecular flexibility index (Phi) is 8.62. The summed E-state index contributed by atoms with van der Waals surface area (Å²) in [5.41, 5.74) is 1.42. The molecule has 4 nitrogen and oxygen atoms in total. The van der Waals surface area contributed by atoms with Gasteiger partial charge in [0.2, 0.25) is 0 Å². The van der Waals surface area contributed by atoms with Gasteiger partial charge in [-0.3, -0.25) is 0 Å². The summed E-state index contributed by atoms with van der Waals surface area (Å²) in [6.45, 7) is 0.858. The smallest absolute Gasteiger partial charge is 0.152 e. The maximum Gasteiger partial charge on any atom is 0.152 e. The maximum atomic E-state index is 10.7. The van der Waals surface area contributed by atoms with E-state index in [1.54, 1.807) is 0 Å². The highest BCUT2D eigenvalue weighted by atomic mass is 32.2. The molecule has 2 N–H and O–H groups in total. The van der Waals surface area contributed by atoms with Gasteiger partial charge in [-0.1, -0.05) is 12.1 Å². The highest BCUT2D eigenvalue weighted by Gasteiger charge is 2.20. The first kappa shape index (κ1) is 20.8. The van der Waals surface area contributed by atoms with Crippen LogP contribution in [-0.4, -0.2) is 33.2 Å². The highest BCUT2D eigenvalue weighted by molar-refractivity contribution is 7.79. The molecule has 0 radical (unpaired) electrons. The second-order valence-corrected chi connectivity index (χ2v) is 9.31. The summed E-state index contributed by atoms with van der Waals surface area (Å²) >= 11 is -1.65. The van der Waals surface area contributed by atoms with Gasteiger partial charge < -0.3 is 14.6 Å². The zero-order chi connectivity index (χ0) is 18.9. The quantitative estimate of drug-likeness (QED) is 0.447. The van der Waals surface area contributed by atoms with E-state index < -0.39 is 11.1 Å². The Balaban J connectivity index is 1.30. The van der Waals surface area contributed by atoms with Gasteiger partial charge in [0.15, 0.2) is 11.1 Å². The van der Waals surface area contributed by atoms with Gasteiger partial charge in [-0.15, -0.1) is 0 Å². The van der Waals surface area contributed by atoms with Crippen LogP contribution in [0.25, 0.3) is 0 Å². The van der Waals surface area contributed by atoms with E-state index in [0.717, 1.165) is 31.1 Å². The van der Waals surface area contributed by atoms with E-state index in [-0.39, 0.29) is 0 Å². The number of ether oxygens (including phenoxy) is 1. The average molecular weight is 394 g/mol. The van der Waals surface area contributed by atoms with Crippen LogP contribution in [0, 0.1) is 5.92 Å². The zero-order valence-corrected chi connectivity index (χ0v) is 17.2. The summed E-state index contributed by atoms with van der Waals surface area (Å²) < 4.78 is 25.5. The molecule has 2 saturated carbocycles. The van der Waals surface area contributed by atoms with Crippen LogP contribution < -0.4 is 10.1 Å². The van der Waals surface area contributed by atoms with Gasteiger partial charge >= 0.3 is 0 Å². The van der Waals surface area contributed by atoms with E-state index in [4.69, 9.17) is 9.29 Å². The van der Waals surface area contributed by atoms with Crippen molar-refractivity contribution in [3.63, 3.8) is 0 Å². The van der Waals surface area contributed by atoms with Crippen molar-refractivity contribution < 1.29 is 13.5 Å². The van der Waals surface area contributed by atoms with Gasteiger partial charge in [0.1, 0.15) is 5.75 Å². The first-order chi connectivity index (χ1) is 13.2. The Morgan fingerprint density at radius 2 is 1.74 bits per heavy atom. The van der Waals surface area contributed by atoms with E-state index in [1.807, 2.05) is 0 Å². The largest absolute Gasteiger partial charge is 0.490 e. The van der Waals surface area contributed by atoms with Gasteiger partial charge in [-0.05, 0) is 101 Å². The number of benzene rings is 1. The molecule has 0 bridgehead atoms. The van der Waals surface area contributed by atoms with Gasteiger partial charge in [0.05, 0.1) is 11.9 Å². The SMILES string of the molecule is O=S(O)CCCNC1CCC(CCc2ccc(OC3CCCC3)cc2)CC1. The molecule has 5 heteroatoms. The van der Waals surface area contributed by atoms with E-state index >= 15 is 0 Å². The minimum atomic E-state index is -1.65. The van der Waals surface area contributed by atoms with Crippen LogP contribution in [0.5, 0.6) is 5.75 Å². The molecule has 0 spiro atoms. The monoisotopic (exact) mass is 393 g/mol. The lowest BCUT2D eigenvalue weighted by atomic mass is 9.82. The van der Waals surface area contributed by atoms with Crippen molar-refractivity contribution >= 4 is 11.1 Å². The molecule has 1 aromatic carbocycles.